The molecule has 0 saturated carbocycles. The highest BCUT2D eigenvalue weighted by Gasteiger charge is 2.20. The van der Waals surface area contributed by atoms with Gasteiger partial charge >= 0.3 is 5.97 Å². The third kappa shape index (κ3) is 6.40. The standard InChI is InChI=1S/C45H36N8O2/c1-50-20-12-29(13-21-50)42-33-4-6-35(46-33)43(30-14-22-51(2)23-15-30)37-8-10-39(48-37)45(32-18-26-53(27-19-32)28-41(54)55)40-11-9-38(49-40)44(36-7-5-34(42)47-36)31-16-24-52(3)25-17-31/h4-27H,28H2,1-3H3,(H-2,46,47,48,49,54,55)/p+4. The van der Waals surface area contributed by atoms with Gasteiger partial charge in [-0.3, -0.25) is 0 Å². The molecule has 0 amide bonds. The SMILES string of the molecule is C[n+]1ccc(C2=c3ccc([nH]3)=C(c3cc[n+](C)cc3)c3ccc([nH]3)C(c3cc[n+](CC(=O)O)cc3)=c3ccc([nH]3)=C(c3cc[n+](C)cc3)c3ccc2[nH]3)cc1. The second kappa shape index (κ2) is 13.6. The highest BCUT2D eigenvalue weighted by molar-refractivity contribution is 5.84. The lowest BCUT2D eigenvalue weighted by molar-refractivity contribution is -0.685. The van der Waals surface area contributed by atoms with Gasteiger partial charge in [0.15, 0.2) is 49.6 Å². The van der Waals surface area contributed by atoms with Crippen molar-refractivity contribution in [3.63, 3.8) is 0 Å². The van der Waals surface area contributed by atoms with E-state index in [-0.39, 0.29) is 6.54 Å². The van der Waals surface area contributed by atoms with Crippen molar-refractivity contribution in [2.75, 3.05) is 0 Å². The number of hydrogen-bond acceptors (Lipinski definition) is 1. The molecule has 10 nitrogen and oxygen atoms in total. The van der Waals surface area contributed by atoms with E-state index in [9.17, 15) is 9.90 Å². The molecule has 0 radical (unpaired) electrons. The van der Waals surface area contributed by atoms with Crippen LogP contribution in [0.4, 0.5) is 0 Å². The van der Waals surface area contributed by atoms with E-state index in [2.05, 4.69) is 142 Å². The Morgan fingerprint density at radius 3 is 0.964 bits per heavy atom. The summed E-state index contributed by atoms with van der Waals surface area (Å²) in [6, 6.07) is 33.9. The van der Waals surface area contributed by atoms with Crippen LogP contribution >= 0.6 is 0 Å². The molecular formula is C45H40N8O2+4. The minimum atomic E-state index is -0.893. The van der Waals surface area contributed by atoms with E-state index in [4.69, 9.17) is 0 Å². The van der Waals surface area contributed by atoms with Gasteiger partial charge in [-0.1, -0.05) is 0 Å². The fourth-order valence-corrected chi connectivity index (χ4v) is 7.46. The quantitative estimate of drug-likeness (QED) is 0.166. The summed E-state index contributed by atoms with van der Waals surface area (Å²) in [6.07, 6.45) is 16.0. The zero-order valence-corrected chi connectivity index (χ0v) is 30.7. The smallest absolute Gasteiger partial charge is 0.370 e. The van der Waals surface area contributed by atoms with Gasteiger partial charge in [0.25, 0.3) is 0 Å². The summed E-state index contributed by atoms with van der Waals surface area (Å²) in [5.41, 5.74) is 12.0. The summed E-state index contributed by atoms with van der Waals surface area (Å²) in [7, 11) is 6.07. The second-order valence-corrected chi connectivity index (χ2v) is 14.1. The number of hydrogen-bond donors (Lipinski definition) is 5. The van der Waals surface area contributed by atoms with Crippen molar-refractivity contribution in [3.8, 4) is 0 Å². The molecule has 0 fully saturated rings. The van der Waals surface area contributed by atoms with E-state index < -0.39 is 5.97 Å². The van der Waals surface area contributed by atoms with Gasteiger partial charge in [-0.25, -0.2) is 18.5 Å². The number of carboxylic acid groups (broad SMARTS) is 1. The fraction of sp³-hybridized carbons (Fsp3) is 0.0889. The van der Waals surface area contributed by atoms with Crippen LogP contribution < -0.4 is 39.7 Å². The topological polar surface area (TPSA) is 116 Å². The Morgan fingerprint density at radius 1 is 0.418 bits per heavy atom. The molecule has 0 saturated heterocycles. The first kappa shape index (κ1) is 33.5. The minimum Gasteiger partial charge on any atom is -0.477 e. The van der Waals surface area contributed by atoms with Gasteiger partial charge in [0.2, 0.25) is 6.54 Å². The van der Waals surface area contributed by atoms with Gasteiger partial charge in [0, 0.05) is 115 Å². The maximum Gasteiger partial charge on any atom is 0.370 e. The number of pyridine rings is 4. The van der Waals surface area contributed by atoms with Crippen LogP contribution in [0.25, 0.3) is 22.3 Å². The Balaban J connectivity index is 1.40. The molecule has 55 heavy (non-hydrogen) atoms. The number of aryl methyl sites for hydroxylation is 3. The van der Waals surface area contributed by atoms with Crippen molar-refractivity contribution in [2.45, 2.75) is 6.54 Å². The fourth-order valence-electron chi connectivity index (χ4n) is 7.46. The molecule has 268 valence electrons. The number of carboxylic acids is 1. The van der Waals surface area contributed by atoms with E-state index >= 15 is 0 Å². The van der Waals surface area contributed by atoms with Crippen molar-refractivity contribution >= 4 is 28.3 Å². The first-order valence-corrected chi connectivity index (χ1v) is 18.1. The van der Waals surface area contributed by atoms with Crippen molar-refractivity contribution in [2.24, 2.45) is 21.1 Å². The maximum atomic E-state index is 11.5. The van der Waals surface area contributed by atoms with Gasteiger partial charge in [0.1, 0.15) is 21.1 Å². The van der Waals surface area contributed by atoms with Crippen LogP contribution in [0.3, 0.4) is 0 Å². The zero-order chi connectivity index (χ0) is 37.6. The average molecular weight is 725 g/mol. The number of aliphatic carboxylic acids is 1. The number of rotatable bonds is 6. The lowest BCUT2D eigenvalue weighted by atomic mass is 10.0. The number of fused-ring (bicyclic) bond motifs is 8. The molecule has 10 heteroatoms. The molecule has 0 atom stereocenters. The zero-order valence-electron chi connectivity index (χ0n) is 30.7. The predicted molar refractivity (Wildman–Crippen MR) is 205 cm³/mol. The second-order valence-electron chi connectivity index (χ2n) is 14.1. The van der Waals surface area contributed by atoms with Crippen LogP contribution in [0.1, 0.15) is 45.0 Å². The van der Waals surface area contributed by atoms with Crippen molar-refractivity contribution in [1.82, 2.24) is 19.9 Å². The lowest BCUT2D eigenvalue weighted by Crippen LogP contribution is -2.37. The Hall–Kier alpha value is -7.33. The third-order valence-corrected chi connectivity index (χ3v) is 10.2. The van der Waals surface area contributed by atoms with E-state index in [1.807, 2.05) is 59.4 Å². The molecule has 1 aliphatic heterocycles. The van der Waals surface area contributed by atoms with Gasteiger partial charge in [-0.2, -0.15) is 4.57 Å². The summed E-state index contributed by atoms with van der Waals surface area (Å²) in [5.74, 6) is -0.893. The molecule has 8 aromatic rings. The van der Waals surface area contributed by atoms with Gasteiger partial charge < -0.3 is 25.0 Å². The minimum absolute atomic E-state index is 0.118. The molecule has 0 spiro atoms. The average Bonchev–Trinajstić information content (AvgIpc) is 4.02. The van der Waals surface area contributed by atoms with E-state index in [0.717, 1.165) is 88.7 Å². The lowest BCUT2D eigenvalue weighted by Gasteiger charge is -2.09. The highest BCUT2D eigenvalue weighted by atomic mass is 16.4. The third-order valence-electron chi connectivity index (χ3n) is 10.2. The largest absolute Gasteiger partial charge is 0.477 e. The van der Waals surface area contributed by atoms with Crippen LogP contribution in [0.5, 0.6) is 0 Å². The Morgan fingerprint density at radius 2 is 0.691 bits per heavy atom. The van der Waals surface area contributed by atoms with Gasteiger partial charge in [-0.05, 0) is 70.8 Å². The number of nitrogens with one attached hydrogen (secondary N) is 4. The normalized spacial score (nSPS) is 12.7. The van der Waals surface area contributed by atoms with Crippen LogP contribution in [0.2, 0.25) is 0 Å². The molecule has 5 N–H and O–H groups in total. The van der Waals surface area contributed by atoms with Crippen LogP contribution in [-0.2, 0) is 32.5 Å². The first-order valence-electron chi connectivity index (χ1n) is 18.1. The van der Waals surface area contributed by atoms with Crippen LogP contribution in [0, 0.1) is 0 Å². The Labute approximate surface area is 316 Å². The highest BCUT2D eigenvalue weighted by Crippen LogP contribution is 2.27. The van der Waals surface area contributed by atoms with Crippen molar-refractivity contribution < 1.29 is 28.2 Å². The number of nitrogens with zero attached hydrogens (tertiary/aromatic N) is 4. The summed E-state index contributed by atoms with van der Waals surface area (Å²) in [5, 5.41) is 13.3. The molecular weight excluding hydrogens is 685 g/mol. The summed E-state index contributed by atoms with van der Waals surface area (Å²) < 4.78 is 7.77. The molecule has 8 bridgehead atoms. The molecule has 8 aromatic heterocycles. The molecule has 1 aliphatic rings. The molecule has 0 aromatic carbocycles. The number of aromatic amines is 4. The maximum absolute atomic E-state index is 11.5. The number of H-pyrrole nitrogens is 4. The summed E-state index contributed by atoms with van der Waals surface area (Å²) >= 11 is 0. The summed E-state index contributed by atoms with van der Waals surface area (Å²) in [6.45, 7) is -0.118. The first-order chi connectivity index (χ1) is 26.8. The number of aromatic nitrogens is 8. The molecule has 9 rings (SSSR count). The molecule has 9 heterocycles. The van der Waals surface area contributed by atoms with Crippen LogP contribution in [-0.4, -0.2) is 31.0 Å². The van der Waals surface area contributed by atoms with E-state index in [1.165, 1.54) is 0 Å². The van der Waals surface area contributed by atoms with Gasteiger partial charge in [-0.15, -0.1) is 0 Å². The Kier molecular flexibility index (Phi) is 8.27. The predicted octanol–water partition coefficient (Wildman–Crippen LogP) is 1.15. The van der Waals surface area contributed by atoms with Crippen molar-refractivity contribution in [1.29, 1.82) is 0 Å². The Bertz CT molecular complexity index is 2980. The number of carbonyl (C=O) groups is 1. The monoisotopic (exact) mass is 724 g/mol. The van der Waals surface area contributed by atoms with E-state index in [0.29, 0.717) is 0 Å². The van der Waals surface area contributed by atoms with Crippen molar-refractivity contribution in [3.05, 3.63) is 213 Å². The van der Waals surface area contributed by atoms with Gasteiger partial charge in [0.05, 0.1) is 0 Å². The summed E-state index contributed by atoms with van der Waals surface area (Å²) in [4.78, 5) is 26.8. The molecule has 0 aliphatic carbocycles. The van der Waals surface area contributed by atoms with E-state index in [1.54, 1.807) is 4.57 Å². The van der Waals surface area contributed by atoms with Crippen LogP contribution in [0.15, 0.2) is 147 Å². The molecule has 0 unspecified atom stereocenters.